The number of urea groups is 1. The molecule has 0 aliphatic carbocycles. The summed E-state index contributed by atoms with van der Waals surface area (Å²) in [6.45, 7) is 2.46. The monoisotopic (exact) mass is 317 g/mol. The summed E-state index contributed by atoms with van der Waals surface area (Å²) in [4.78, 5) is 27.2. The van der Waals surface area contributed by atoms with E-state index in [0.717, 1.165) is 25.1 Å². The molecule has 0 saturated carbocycles. The van der Waals surface area contributed by atoms with E-state index in [4.69, 9.17) is 5.11 Å². The normalized spacial score (nSPS) is 17.8. The van der Waals surface area contributed by atoms with Crippen molar-refractivity contribution in [2.24, 2.45) is 5.92 Å². The van der Waals surface area contributed by atoms with Gasteiger partial charge in [-0.15, -0.1) is 0 Å². The molecule has 1 heterocycles. The first-order valence-electron chi connectivity index (χ1n) is 7.36. The van der Waals surface area contributed by atoms with Crippen molar-refractivity contribution in [2.45, 2.75) is 25.3 Å². The smallest absolute Gasteiger partial charge is 0.326 e. The number of nitrogens with one attached hydrogen (secondary N) is 1. The number of carbonyl (C=O) groups excluding carboxylic acids is 1. The van der Waals surface area contributed by atoms with Crippen LogP contribution in [0.1, 0.15) is 19.3 Å². The number of thioether (sulfide) groups is 1. The van der Waals surface area contributed by atoms with E-state index in [1.54, 1.807) is 16.7 Å². The predicted molar refractivity (Wildman–Crippen MR) is 85.8 cm³/mol. The number of aliphatic carboxylic acids is 1. The van der Waals surface area contributed by atoms with Crippen LogP contribution in [0.25, 0.3) is 0 Å². The third-order valence-corrected chi connectivity index (χ3v) is 4.38. The molecule has 0 spiro atoms. The zero-order valence-corrected chi connectivity index (χ0v) is 14.0. The second-order valence-corrected chi connectivity index (χ2v) is 6.80. The lowest BCUT2D eigenvalue weighted by Crippen LogP contribution is -2.50. The molecule has 1 atom stereocenters. The molecule has 7 heteroatoms. The summed E-state index contributed by atoms with van der Waals surface area (Å²) in [7, 11) is 4.12. The molecule has 122 valence electrons. The maximum atomic E-state index is 12.1. The van der Waals surface area contributed by atoms with E-state index >= 15 is 0 Å². The van der Waals surface area contributed by atoms with Crippen LogP contribution in [0, 0.1) is 5.92 Å². The second-order valence-electron chi connectivity index (χ2n) is 5.81. The molecule has 0 bridgehead atoms. The van der Waals surface area contributed by atoms with Gasteiger partial charge >= 0.3 is 12.0 Å². The lowest BCUT2D eigenvalue weighted by atomic mass is 9.96. The molecule has 2 N–H and O–H groups in total. The van der Waals surface area contributed by atoms with Gasteiger partial charge in [-0.05, 0) is 51.3 Å². The van der Waals surface area contributed by atoms with Crippen LogP contribution in [0.5, 0.6) is 0 Å². The van der Waals surface area contributed by atoms with Crippen LogP contribution in [0.15, 0.2) is 0 Å². The van der Waals surface area contributed by atoms with Gasteiger partial charge < -0.3 is 20.2 Å². The van der Waals surface area contributed by atoms with Crippen molar-refractivity contribution in [1.82, 2.24) is 15.1 Å². The minimum absolute atomic E-state index is 0.244. The summed E-state index contributed by atoms with van der Waals surface area (Å²) in [6, 6.07) is -1.03. The Balaban J connectivity index is 2.40. The zero-order valence-electron chi connectivity index (χ0n) is 13.2. The van der Waals surface area contributed by atoms with Crippen molar-refractivity contribution in [1.29, 1.82) is 0 Å². The summed E-state index contributed by atoms with van der Waals surface area (Å²) >= 11 is 1.58. The molecule has 0 radical (unpaired) electrons. The maximum absolute atomic E-state index is 12.1. The average Bonchev–Trinajstić information content (AvgIpc) is 2.43. The number of carboxylic acid groups (broad SMARTS) is 1. The minimum Gasteiger partial charge on any atom is -0.480 e. The Bertz CT molecular complexity index is 344. The highest BCUT2D eigenvalue weighted by molar-refractivity contribution is 7.98. The Hall–Kier alpha value is -0.950. The molecule has 21 heavy (non-hydrogen) atoms. The third-order valence-electron chi connectivity index (χ3n) is 3.73. The number of likely N-dealkylation sites (tertiary alicyclic amines) is 1. The summed E-state index contributed by atoms with van der Waals surface area (Å²) in [5.74, 6) is 0.387. The van der Waals surface area contributed by atoms with Gasteiger partial charge in [0.15, 0.2) is 0 Å². The van der Waals surface area contributed by atoms with Gasteiger partial charge in [0.25, 0.3) is 0 Å². The van der Waals surface area contributed by atoms with E-state index in [9.17, 15) is 9.59 Å². The molecule has 1 aliphatic heterocycles. The van der Waals surface area contributed by atoms with Crippen molar-refractivity contribution in [3.63, 3.8) is 0 Å². The number of rotatable bonds is 7. The zero-order chi connectivity index (χ0) is 15.8. The van der Waals surface area contributed by atoms with E-state index in [-0.39, 0.29) is 6.03 Å². The van der Waals surface area contributed by atoms with E-state index in [2.05, 4.69) is 24.3 Å². The molecule has 0 aromatic carbocycles. The van der Waals surface area contributed by atoms with Crippen LogP contribution in [0.3, 0.4) is 0 Å². The van der Waals surface area contributed by atoms with Crippen molar-refractivity contribution in [3.05, 3.63) is 0 Å². The summed E-state index contributed by atoms with van der Waals surface area (Å²) in [5.41, 5.74) is 0. The highest BCUT2D eigenvalue weighted by Crippen LogP contribution is 2.17. The van der Waals surface area contributed by atoms with Crippen LogP contribution in [0.4, 0.5) is 4.79 Å². The lowest BCUT2D eigenvalue weighted by molar-refractivity contribution is -0.139. The van der Waals surface area contributed by atoms with E-state index in [1.807, 2.05) is 6.26 Å². The van der Waals surface area contributed by atoms with E-state index in [1.165, 1.54) is 0 Å². The van der Waals surface area contributed by atoms with Gasteiger partial charge in [-0.3, -0.25) is 0 Å². The van der Waals surface area contributed by atoms with Crippen molar-refractivity contribution in [3.8, 4) is 0 Å². The Labute approximate surface area is 131 Å². The summed E-state index contributed by atoms with van der Waals surface area (Å²) < 4.78 is 0. The highest BCUT2D eigenvalue weighted by Gasteiger charge is 2.26. The van der Waals surface area contributed by atoms with Crippen LogP contribution in [-0.2, 0) is 4.79 Å². The lowest BCUT2D eigenvalue weighted by Gasteiger charge is -2.33. The number of hydrogen-bond acceptors (Lipinski definition) is 4. The number of carboxylic acids is 1. The maximum Gasteiger partial charge on any atom is 0.326 e. The first-order chi connectivity index (χ1) is 9.93. The fraction of sp³-hybridized carbons (Fsp3) is 0.857. The Morgan fingerprint density at radius 2 is 2.00 bits per heavy atom. The van der Waals surface area contributed by atoms with E-state index < -0.39 is 12.0 Å². The summed E-state index contributed by atoms with van der Waals surface area (Å²) in [5, 5.41) is 11.8. The molecule has 1 aliphatic rings. The number of carbonyl (C=O) groups is 2. The summed E-state index contributed by atoms with van der Waals surface area (Å²) in [6.07, 6.45) is 4.35. The third kappa shape index (κ3) is 6.56. The first kappa shape index (κ1) is 18.1. The van der Waals surface area contributed by atoms with Gasteiger partial charge in [-0.1, -0.05) is 0 Å². The Morgan fingerprint density at radius 3 is 2.48 bits per heavy atom. The molecule has 0 unspecified atom stereocenters. The largest absolute Gasteiger partial charge is 0.480 e. The SMILES string of the molecule is CSCC[C@@H](NC(=O)N1CCC(CN(C)C)CC1)C(=O)O. The van der Waals surface area contributed by atoms with Gasteiger partial charge in [0.1, 0.15) is 6.04 Å². The Morgan fingerprint density at radius 1 is 1.38 bits per heavy atom. The second kappa shape index (κ2) is 9.15. The quantitative estimate of drug-likeness (QED) is 0.737. The fourth-order valence-electron chi connectivity index (χ4n) is 2.57. The van der Waals surface area contributed by atoms with Gasteiger partial charge in [0.2, 0.25) is 0 Å². The van der Waals surface area contributed by atoms with Crippen molar-refractivity contribution in [2.75, 3.05) is 45.7 Å². The van der Waals surface area contributed by atoms with Gasteiger partial charge in [0, 0.05) is 19.6 Å². The minimum atomic E-state index is -0.958. The Kier molecular flexibility index (Phi) is 7.88. The van der Waals surface area contributed by atoms with Gasteiger partial charge in [-0.25, -0.2) is 9.59 Å². The molecule has 6 nitrogen and oxygen atoms in total. The predicted octanol–water partition coefficient (Wildman–Crippen LogP) is 1.18. The number of nitrogens with zero attached hydrogens (tertiary/aromatic N) is 2. The molecular weight excluding hydrogens is 290 g/mol. The average molecular weight is 317 g/mol. The number of hydrogen-bond donors (Lipinski definition) is 2. The number of amides is 2. The molecule has 1 fully saturated rings. The molecule has 0 aromatic heterocycles. The van der Waals surface area contributed by atoms with Crippen LogP contribution >= 0.6 is 11.8 Å². The fourth-order valence-corrected chi connectivity index (χ4v) is 3.04. The van der Waals surface area contributed by atoms with Crippen molar-refractivity contribution >= 4 is 23.8 Å². The number of piperidine rings is 1. The molecule has 0 aromatic rings. The molecule has 2 amide bonds. The van der Waals surface area contributed by atoms with Crippen LogP contribution < -0.4 is 5.32 Å². The van der Waals surface area contributed by atoms with Crippen LogP contribution in [-0.4, -0.2) is 78.7 Å². The standard InChI is InChI=1S/C14H27N3O3S/c1-16(2)10-11-4-7-17(8-5-11)14(20)15-12(13(18)19)6-9-21-3/h11-12H,4-10H2,1-3H3,(H,15,20)(H,18,19)/t12-/m1/s1. The topological polar surface area (TPSA) is 72.9 Å². The van der Waals surface area contributed by atoms with Crippen LogP contribution in [0.2, 0.25) is 0 Å². The van der Waals surface area contributed by atoms with E-state index in [0.29, 0.717) is 25.4 Å². The first-order valence-corrected chi connectivity index (χ1v) is 8.75. The molecular formula is C14H27N3O3S. The van der Waals surface area contributed by atoms with Gasteiger partial charge in [0.05, 0.1) is 0 Å². The van der Waals surface area contributed by atoms with Crippen molar-refractivity contribution < 1.29 is 14.7 Å². The molecule has 1 saturated heterocycles. The molecule has 1 rings (SSSR count). The highest BCUT2D eigenvalue weighted by atomic mass is 32.2. The van der Waals surface area contributed by atoms with Gasteiger partial charge in [-0.2, -0.15) is 11.8 Å².